The first-order valence-electron chi connectivity index (χ1n) is 8.38. The summed E-state index contributed by atoms with van der Waals surface area (Å²) in [6.07, 6.45) is 0. The number of nitrogens with zero attached hydrogens (tertiary/aromatic N) is 3. The topological polar surface area (TPSA) is 93.0 Å². The molecule has 2 heterocycles. The van der Waals surface area contributed by atoms with E-state index in [2.05, 4.69) is 5.16 Å². The zero-order valence-electron chi connectivity index (χ0n) is 15.0. The van der Waals surface area contributed by atoms with E-state index in [0.717, 1.165) is 0 Å². The third kappa shape index (κ3) is 4.11. The van der Waals surface area contributed by atoms with Gasteiger partial charge >= 0.3 is 0 Å². The van der Waals surface area contributed by atoms with Gasteiger partial charge in [0.05, 0.1) is 0 Å². The fraction of sp³-hybridized carbons (Fsp3) is 0.412. The van der Waals surface area contributed by atoms with Crippen LogP contribution in [0.1, 0.15) is 11.5 Å². The number of hydrogen-bond donors (Lipinski definition) is 0. The fourth-order valence-corrected chi connectivity index (χ4v) is 4.63. The van der Waals surface area contributed by atoms with Crippen molar-refractivity contribution in [2.75, 3.05) is 32.8 Å². The predicted octanol–water partition coefficient (Wildman–Crippen LogP) is 1.34. The summed E-state index contributed by atoms with van der Waals surface area (Å²) in [5.41, 5.74) is 0.318. The predicted molar refractivity (Wildman–Crippen MR) is 93.2 cm³/mol. The first-order valence-corrected chi connectivity index (χ1v) is 9.82. The summed E-state index contributed by atoms with van der Waals surface area (Å²) in [7, 11) is -3.72. The van der Waals surface area contributed by atoms with Crippen LogP contribution in [0.15, 0.2) is 33.7 Å². The molecule has 0 N–H and O–H groups in total. The maximum atomic E-state index is 12.9. The molecular weight excluding hydrogens is 377 g/mol. The van der Waals surface area contributed by atoms with E-state index in [1.165, 1.54) is 28.6 Å². The number of halogens is 1. The number of rotatable bonds is 5. The molecule has 3 rings (SSSR count). The number of carbonyl (C=O) groups is 1. The average molecular weight is 397 g/mol. The smallest absolute Gasteiger partial charge is 0.260 e. The summed E-state index contributed by atoms with van der Waals surface area (Å²) in [4.78, 5) is 13.9. The maximum absolute atomic E-state index is 12.9. The lowest BCUT2D eigenvalue weighted by Gasteiger charge is -2.33. The number of piperazine rings is 1. The molecule has 0 spiro atoms. The highest BCUT2D eigenvalue weighted by molar-refractivity contribution is 7.89. The van der Waals surface area contributed by atoms with Crippen molar-refractivity contribution in [1.82, 2.24) is 14.4 Å². The molecule has 0 saturated carbocycles. The summed E-state index contributed by atoms with van der Waals surface area (Å²) < 4.78 is 50.0. The largest absolute Gasteiger partial charge is 0.484 e. The minimum Gasteiger partial charge on any atom is -0.484 e. The van der Waals surface area contributed by atoms with Crippen LogP contribution < -0.4 is 4.74 Å². The zero-order chi connectivity index (χ0) is 19.6. The highest BCUT2D eigenvalue weighted by atomic mass is 32.2. The second-order valence-corrected chi connectivity index (χ2v) is 8.06. The lowest BCUT2D eigenvalue weighted by atomic mass is 10.3. The summed E-state index contributed by atoms with van der Waals surface area (Å²) in [6, 6.07) is 5.38. The molecule has 0 radical (unpaired) electrons. The molecule has 146 valence electrons. The van der Waals surface area contributed by atoms with Gasteiger partial charge in [0, 0.05) is 26.2 Å². The number of carbonyl (C=O) groups excluding carboxylic acids is 1. The average Bonchev–Trinajstić information content (AvgIpc) is 3.00. The Balaban J connectivity index is 1.56. The third-order valence-electron chi connectivity index (χ3n) is 4.33. The Morgan fingerprint density at radius 2 is 1.81 bits per heavy atom. The maximum Gasteiger partial charge on any atom is 0.260 e. The number of sulfonamides is 1. The van der Waals surface area contributed by atoms with Crippen LogP contribution in [-0.2, 0) is 14.8 Å². The quantitative estimate of drug-likeness (QED) is 0.756. The number of aromatic nitrogens is 1. The van der Waals surface area contributed by atoms with Crippen molar-refractivity contribution in [1.29, 1.82) is 0 Å². The lowest BCUT2D eigenvalue weighted by molar-refractivity contribution is -0.134. The Hall–Kier alpha value is -2.46. The van der Waals surface area contributed by atoms with E-state index in [4.69, 9.17) is 9.26 Å². The van der Waals surface area contributed by atoms with Gasteiger partial charge in [0.1, 0.15) is 22.2 Å². The number of ether oxygens (including phenoxy) is 1. The molecule has 2 aromatic rings. The van der Waals surface area contributed by atoms with Gasteiger partial charge in [0.2, 0.25) is 10.0 Å². The summed E-state index contributed by atoms with van der Waals surface area (Å²) in [6.45, 7) is 3.81. The molecule has 8 nitrogen and oxygen atoms in total. The molecule has 10 heteroatoms. The van der Waals surface area contributed by atoms with Crippen molar-refractivity contribution in [2.45, 2.75) is 18.7 Å². The molecule has 1 aromatic carbocycles. The van der Waals surface area contributed by atoms with Crippen molar-refractivity contribution in [3.63, 3.8) is 0 Å². The van der Waals surface area contributed by atoms with Crippen LogP contribution in [0.25, 0.3) is 0 Å². The first kappa shape index (κ1) is 19.3. The number of amides is 1. The molecule has 27 heavy (non-hydrogen) atoms. The van der Waals surface area contributed by atoms with Crippen LogP contribution in [0.5, 0.6) is 5.75 Å². The Bertz CT molecular complexity index is 899. The van der Waals surface area contributed by atoms with E-state index in [1.807, 2.05) is 0 Å². The summed E-state index contributed by atoms with van der Waals surface area (Å²) in [5.74, 6) is 0.00101. The summed E-state index contributed by atoms with van der Waals surface area (Å²) in [5, 5.41) is 3.69. The van der Waals surface area contributed by atoms with E-state index in [0.29, 0.717) is 11.4 Å². The van der Waals surface area contributed by atoms with Crippen molar-refractivity contribution in [3.05, 3.63) is 41.5 Å². The van der Waals surface area contributed by atoms with Crippen molar-refractivity contribution in [3.8, 4) is 5.75 Å². The van der Waals surface area contributed by atoms with Gasteiger partial charge in [-0.1, -0.05) is 5.16 Å². The molecule has 1 amide bonds. The third-order valence-corrected chi connectivity index (χ3v) is 6.48. The summed E-state index contributed by atoms with van der Waals surface area (Å²) >= 11 is 0. The van der Waals surface area contributed by atoms with E-state index in [9.17, 15) is 17.6 Å². The van der Waals surface area contributed by atoms with Gasteiger partial charge in [-0.05, 0) is 38.1 Å². The van der Waals surface area contributed by atoms with Crippen molar-refractivity contribution < 1.29 is 26.9 Å². The van der Waals surface area contributed by atoms with Gasteiger partial charge in [-0.3, -0.25) is 4.79 Å². The SMILES string of the molecule is Cc1noc(C)c1S(=O)(=O)N1CCN(C(=O)COc2ccc(F)cc2)CC1. The highest BCUT2D eigenvalue weighted by Crippen LogP contribution is 2.24. The monoisotopic (exact) mass is 397 g/mol. The Morgan fingerprint density at radius 1 is 1.19 bits per heavy atom. The van der Waals surface area contributed by atoms with E-state index >= 15 is 0 Å². The van der Waals surface area contributed by atoms with E-state index in [-0.39, 0.29) is 55.2 Å². The van der Waals surface area contributed by atoms with Crippen LogP contribution in [0.3, 0.4) is 0 Å². The van der Waals surface area contributed by atoms with Crippen LogP contribution in [-0.4, -0.2) is 61.5 Å². The van der Waals surface area contributed by atoms with Gasteiger partial charge < -0.3 is 14.2 Å². The second-order valence-electron chi connectivity index (χ2n) is 6.18. The van der Waals surface area contributed by atoms with Crippen LogP contribution >= 0.6 is 0 Å². The number of aryl methyl sites for hydroxylation is 2. The van der Waals surface area contributed by atoms with Gasteiger partial charge in [0.15, 0.2) is 12.4 Å². The van der Waals surface area contributed by atoms with Gasteiger partial charge in [-0.2, -0.15) is 4.31 Å². The van der Waals surface area contributed by atoms with Crippen molar-refractivity contribution in [2.24, 2.45) is 0 Å². The van der Waals surface area contributed by atoms with Crippen molar-refractivity contribution >= 4 is 15.9 Å². The second kappa shape index (κ2) is 7.65. The molecule has 1 aromatic heterocycles. The zero-order valence-corrected chi connectivity index (χ0v) is 15.8. The molecule has 1 aliphatic heterocycles. The highest BCUT2D eigenvalue weighted by Gasteiger charge is 2.34. The molecule has 1 saturated heterocycles. The molecule has 0 aliphatic carbocycles. The lowest BCUT2D eigenvalue weighted by Crippen LogP contribution is -2.51. The molecule has 1 aliphatic rings. The minimum absolute atomic E-state index is 0.0851. The normalized spacial score (nSPS) is 15.7. The molecule has 0 atom stereocenters. The molecule has 0 unspecified atom stereocenters. The van der Waals surface area contributed by atoms with Crippen LogP contribution in [0, 0.1) is 19.7 Å². The Labute approximate surface area is 156 Å². The first-order chi connectivity index (χ1) is 12.8. The number of hydrogen-bond acceptors (Lipinski definition) is 6. The van der Waals surface area contributed by atoms with Gasteiger partial charge in [-0.15, -0.1) is 0 Å². The fourth-order valence-electron chi connectivity index (χ4n) is 2.92. The van der Waals surface area contributed by atoms with Gasteiger partial charge in [-0.25, -0.2) is 12.8 Å². The van der Waals surface area contributed by atoms with E-state index < -0.39 is 10.0 Å². The Kier molecular flexibility index (Phi) is 5.47. The molecule has 1 fully saturated rings. The van der Waals surface area contributed by atoms with Gasteiger partial charge in [0.25, 0.3) is 5.91 Å². The standard InChI is InChI=1S/C17H20FN3O5S/c1-12-17(13(2)26-19-12)27(23,24)21-9-7-20(8-10-21)16(22)11-25-15-5-3-14(18)4-6-15/h3-6H,7-11H2,1-2H3. The molecule has 0 bridgehead atoms. The minimum atomic E-state index is -3.72. The Morgan fingerprint density at radius 3 is 2.37 bits per heavy atom. The van der Waals surface area contributed by atoms with Crippen LogP contribution in [0.2, 0.25) is 0 Å². The molecular formula is C17H20FN3O5S. The van der Waals surface area contributed by atoms with E-state index in [1.54, 1.807) is 18.7 Å². The van der Waals surface area contributed by atoms with Crippen LogP contribution in [0.4, 0.5) is 4.39 Å². The number of benzene rings is 1.